The van der Waals surface area contributed by atoms with Gasteiger partial charge in [-0.3, -0.25) is 4.79 Å². The number of carboxylic acids is 1. The Bertz CT molecular complexity index is 1480. The molecule has 9 nitrogen and oxygen atoms in total. The Morgan fingerprint density at radius 2 is 1.80 bits per heavy atom. The molecule has 2 heterocycles. The van der Waals surface area contributed by atoms with Crippen LogP contribution < -0.4 is 15.4 Å². The van der Waals surface area contributed by atoms with Gasteiger partial charge in [0.15, 0.2) is 5.16 Å². The van der Waals surface area contributed by atoms with Gasteiger partial charge in [-0.15, -0.1) is 0 Å². The van der Waals surface area contributed by atoms with Crippen molar-refractivity contribution in [2.24, 2.45) is 0 Å². The summed E-state index contributed by atoms with van der Waals surface area (Å²) >= 11 is 1.41. The van der Waals surface area contributed by atoms with E-state index < -0.39 is 12.1 Å². The number of aliphatic carboxylic acids is 1. The summed E-state index contributed by atoms with van der Waals surface area (Å²) in [5.74, 6) is -1.98. The van der Waals surface area contributed by atoms with E-state index in [2.05, 4.69) is 25.6 Å². The van der Waals surface area contributed by atoms with Crippen molar-refractivity contribution in [3.05, 3.63) is 77.4 Å². The number of nitrogens with one attached hydrogen (secondary N) is 3. The molecule has 0 spiro atoms. The molecule has 41 heavy (non-hydrogen) atoms. The summed E-state index contributed by atoms with van der Waals surface area (Å²) in [5.41, 5.74) is 3.52. The minimum atomic E-state index is -5.08. The monoisotopic (exact) mass is 593 g/mol. The van der Waals surface area contributed by atoms with Crippen molar-refractivity contribution >= 4 is 40.4 Å². The first-order chi connectivity index (χ1) is 19.5. The zero-order valence-corrected chi connectivity index (χ0v) is 22.8. The third kappa shape index (κ3) is 9.10. The summed E-state index contributed by atoms with van der Waals surface area (Å²) in [5, 5.41) is 15.1. The molecule has 4 aromatic rings. The van der Waals surface area contributed by atoms with Crippen LogP contribution in [-0.2, 0) is 17.6 Å². The van der Waals surface area contributed by atoms with Gasteiger partial charge in [-0.05, 0) is 54.5 Å². The van der Waals surface area contributed by atoms with Crippen molar-refractivity contribution in [2.45, 2.75) is 24.2 Å². The predicted octanol–water partition coefficient (Wildman–Crippen LogP) is 5.09. The quantitative estimate of drug-likeness (QED) is 0.114. The maximum absolute atomic E-state index is 13.1. The van der Waals surface area contributed by atoms with Gasteiger partial charge in [-0.1, -0.05) is 23.9 Å². The second kappa shape index (κ2) is 14.3. The Labute approximate surface area is 236 Å². The molecule has 4 N–H and O–H groups in total. The van der Waals surface area contributed by atoms with E-state index >= 15 is 0 Å². The number of benzene rings is 2. The van der Waals surface area contributed by atoms with Crippen LogP contribution in [0.4, 0.5) is 23.4 Å². The van der Waals surface area contributed by atoms with E-state index in [1.165, 1.54) is 23.9 Å². The fraction of sp³-hybridized carbons (Fsp3) is 0.259. The lowest BCUT2D eigenvalue weighted by Gasteiger charge is -2.12. The van der Waals surface area contributed by atoms with Crippen LogP contribution in [0.25, 0.3) is 10.9 Å². The highest BCUT2D eigenvalue weighted by molar-refractivity contribution is 7.98. The first kappa shape index (κ1) is 31.2. The van der Waals surface area contributed by atoms with Gasteiger partial charge in [-0.25, -0.2) is 19.2 Å². The van der Waals surface area contributed by atoms with Crippen LogP contribution in [0.3, 0.4) is 0 Å². The fourth-order valence-electron chi connectivity index (χ4n) is 3.65. The summed E-state index contributed by atoms with van der Waals surface area (Å²) in [6.07, 6.45) is 1.69. The molecular weight excluding hydrogens is 566 g/mol. The number of rotatable bonds is 10. The normalized spacial score (nSPS) is 11.0. The number of carbonyl (C=O) groups excluding carboxylic acids is 1. The SMILES string of the molecule is COc1ccc2c(CCNc3nc(SC)ncc3C(=O)NCCc3ccc(F)cc3)c[nH]c2c1.O=C(O)C(F)(F)F. The van der Waals surface area contributed by atoms with Gasteiger partial charge in [0.2, 0.25) is 0 Å². The minimum Gasteiger partial charge on any atom is -0.497 e. The lowest BCUT2D eigenvalue weighted by atomic mass is 10.1. The Hall–Kier alpha value is -4.33. The van der Waals surface area contributed by atoms with E-state index in [0.717, 1.165) is 34.2 Å². The van der Waals surface area contributed by atoms with Gasteiger partial charge < -0.3 is 25.5 Å². The van der Waals surface area contributed by atoms with Crippen molar-refractivity contribution < 1.29 is 37.0 Å². The number of thioether (sulfide) groups is 1. The zero-order valence-electron chi connectivity index (χ0n) is 22.0. The number of anilines is 1. The number of carbonyl (C=O) groups is 2. The summed E-state index contributed by atoms with van der Waals surface area (Å²) in [6.45, 7) is 1.02. The lowest BCUT2D eigenvalue weighted by molar-refractivity contribution is -0.192. The van der Waals surface area contributed by atoms with Crippen molar-refractivity contribution in [3.63, 3.8) is 0 Å². The summed E-state index contributed by atoms with van der Waals surface area (Å²) in [7, 11) is 1.65. The summed E-state index contributed by atoms with van der Waals surface area (Å²) in [4.78, 5) is 33.8. The number of aromatic nitrogens is 3. The van der Waals surface area contributed by atoms with Crippen molar-refractivity contribution in [3.8, 4) is 5.75 Å². The van der Waals surface area contributed by atoms with Crippen LogP contribution in [0.1, 0.15) is 21.5 Å². The molecule has 2 aromatic heterocycles. The molecule has 0 fully saturated rings. The maximum Gasteiger partial charge on any atom is 0.490 e. The molecule has 0 saturated heterocycles. The highest BCUT2D eigenvalue weighted by Gasteiger charge is 2.38. The number of hydrogen-bond acceptors (Lipinski definition) is 7. The standard InChI is InChI=1S/C25H26FN5O2S.C2HF3O2/c1-33-19-7-8-20-17(14-29-22(20)13-19)10-12-27-23-21(15-30-25(31-23)34-2)24(32)28-11-9-16-3-5-18(26)6-4-16;3-2(4,5)1(6)7/h3-8,13-15,29H,9-12H2,1-2H3,(H,28,32)(H,27,30,31);(H,6,7). The number of hydrogen-bond donors (Lipinski definition) is 4. The molecule has 218 valence electrons. The highest BCUT2D eigenvalue weighted by atomic mass is 32.2. The number of carboxylic acid groups (broad SMARTS) is 1. The zero-order chi connectivity index (χ0) is 30.0. The number of methoxy groups -OCH3 is 1. The van der Waals surface area contributed by atoms with E-state index in [-0.39, 0.29) is 11.7 Å². The average Bonchev–Trinajstić information content (AvgIpc) is 3.35. The lowest BCUT2D eigenvalue weighted by Crippen LogP contribution is -2.27. The largest absolute Gasteiger partial charge is 0.497 e. The van der Waals surface area contributed by atoms with Gasteiger partial charge in [0, 0.05) is 42.5 Å². The van der Waals surface area contributed by atoms with E-state index in [4.69, 9.17) is 14.6 Å². The van der Waals surface area contributed by atoms with Crippen LogP contribution in [0, 0.1) is 5.82 Å². The first-order valence-corrected chi connectivity index (χ1v) is 13.4. The van der Waals surface area contributed by atoms with Crippen LogP contribution in [-0.4, -0.2) is 64.6 Å². The Balaban J connectivity index is 0.000000587. The second-order valence-electron chi connectivity index (χ2n) is 8.46. The topological polar surface area (TPSA) is 129 Å². The maximum atomic E-state index is 13.1. The number of amides is 1. The molecule has 0 aliphatic carbocycles. The molecule has 0 aliphatic rings. The fourth-order valence-corrected chi connectivity index (χ4v) is 3.99. The van der Waals surface area contributed by atoms with Gasteiger partial charge in [0.05, 0.1) is 7.11 Å². The number of nitrogens with zero attached hydrogens (tertiary/aromatic N) is 2. The predicted molar refractivity (Wildman–Crippen MR) is 147 cm³/mol. The summed E-state index contributed by atoms with van der Waals surface area (Å²) in [6, 6.07) is 12.2. The van der Waals surface area contributed by atoms with Crippen LogP contribution >= 0.6 is 11.8 Å². The minimum absolute atomic E-state index is 0.253. The molecule has 4 rings (SSSR count). The first-order valence-electron chi connectivity index (χ1n) is 12.1. The average molecular weight is 594 g/mol. The number of halogens is 4. The molecular formula is C27H27F4N5O4S. The second-order valence-corrected chi connectivity index (χ2v) is 9.23. The Morgan fingerprint density at radius 1 is 1.10 bits per heavy atom. The highest BCUT2D eigenvalue weighted by Crippen LogP contribution is 2.24. The Kier molecular flexibility index (Phi) is 10.9. The van der Waals surface area contributed by atoms with Crippen LogP contribution in [0.15, 0.2) is 60.0 Å². The Morgan fingerprint density at radius 3 is 2.44 bits per heavy atom. The molecule has 0 aliphatic heterocycles. The molecule has 14 heteroatoms. The number of H-pyrrole nitrogens is 1. The number of fused-ring (bicyclic) bond motifs is 1. The van der Waals surface area contributed by atoms with Crippen molar-refractivity contribution in [2.75, 3.05) is 31.8 Å². The van der Waals surface area contributed by atoms with E-state index in [9.17, 15) is 22.4 Å². The van der Waals surface area contributed by atoms with Gasteiger partial charge in [-0.2, -0.15) is 13.2 Å². The van der Waals surface area contributed by atoms with Crippen molar-refractivity contribution in [1.82, 2.24) is 20.3 Å². The number of alkyl halides is 3. The van der Waals surface area contributed by atoms with Crippen molar-refractivity contribution in [1.29, 1.82) is 0 Å². The summed E-state index contributed by atoms with van der Waals surface area (Å²) < 4.78 is 50.1. The van der Waals surface area contributed by atoms with Gasteiger partial charge in [0.1, 0.15) is 22.9 Å². The van der Waals surface area contributed by atoms with E-state index in [1.54, 1.807) is 25.4 Å². The molecule has 2 aromatic carbocycles. The third-order valence-electron chi connectivity index (χ3n) is 5.71. The van der Waals surface area contributed by atoms with Gasteiger partial charge in [0.25, 0.3) is 5.91 Å². The third-order valence-corrected chi connectivity index (χ3v) is 6.27. The molecule has 0 atom stereocenters. The smallest absolute Gasteiger partial charge is 0.490 e. The molecule has 0 saturated carbocycles. The van der Waals surface area contributed by atoms with Crippen LogP contribution in [0.2, 0.25) is 0 Å². The van der Waals surface area contributed by atoms with Crippen LogP contribution in [0.5, 0.6) is 5.75 Å². The molecule has 1 amide bonds. The molecule has 0 bridgehead atoms. The number of aromatic amines is 1. The van der Waals surface area contributed by atoms with Gasteiger partial charge >= 0.3 is 12.1 Å². The molecule has 0 unspecified atom stereocenters. The van der Waals surface area contributed by atoms with E-state index in [0.29, 0.717) is 36.0 Å². The number of ether oxygens (including phenoxy) is 1. The van der Waals surface area contributed by atoms with E-state index in [1.807, 2.05) is 30.7 Å². The molecule has 0 radical (unpaired) electrons.